The molecule has 2 atom stereocenters. The van der Waals surface area contributed by atoms with Crippen LogP contribution < -0.4 is 5.01 Å². The highest BCUT2D eigenvalue weighted by Gasteiger charge is 2.62. The zero-order valence-corrected chi connectivity index (χ0v) is 18.2. The Labute approximate surface area is 173 Å². The van der Waals surface area contributed by atoms with Crippen LogP contribution in [0.1, 0.15) is 73.1 Å². The van der Waals surface area contributed by atoms with Gasteiger partial charge in [-0.1, -0.05) is 40.2 Å². The number of rotatable bonds is 2. The monoisotopic (exact) mass is 393 g/mol. The van der Waals surface area contributed by atoms with Gasteiger partial charge in [-0.25, -0.2) is 0 Å². The van der Waals surface area contributed by atoms with Gasteiger partial charge in [-0.05, 0) is 66.9 Å². The number of benzene rings is 1. The number of non-ortho nitro benzene ring substituents is 1. The third kappa shape index (κ3) is 2.77. The van der Waals surface area contributed by atoms with Gasteiger partial charge in [0.15, 0.2) is 0 Å². The molecule has 154 valence electrons. The Bertz CT molecular complexity index is 972. The number of nitro groups is 1. The molecule has 0 saturated heterocycles. The summed E-state index contributed by atoms with van der Waals surface area (Å²) in [6.45, 7) is 12.0. The zero-order valence-electron chi connectivity index (χ0n) is 18.2. The average molecular weight is 394 g/mol. The molecular weight excluding hydrogens is 362 g/mol. The Morgan fingerprint density at radius 2 is 1.62 bits per heavy atom. The summed E-state index contributed by atoms with van der Waals surface area (Å²) >= 11 is 0. The smallest absolute Gasteiger partial charge is 0.258 e. The number of nitrogens with zero attached hydrogens (tertiary/aromatic N) is 3. The van der Waals surface area contributed by atoms with E-state index in [1.54, 1.807) is 17.7 Å². The normalized spacial score (nSPS) is 34.0. The standard InChI is InChI=1S/C24H31N3O2/c1-21(2)10-16-11-23(5)13-22(3,4)14-24(15-23)20(16)19(12-21)25-26(24)17-6-8-18(9-7-17)27(28)29/h6-9H,10-15H2,1-5H3. The van der Waals surface area contributed by atoms with Gasteiger partial charge >= 0.3 is 0 Å². The summed E-state index contributed by atoms with van der Waals surface area (Å²) in [5.74, 6) is 0. The van der Waals surface area contributed by atoms with Crippen molar-refractivity contribution in [1.29, 1.82) is 0 Å². The first-order chi connectivity index (χ1) is 13.4. The minimum atomic E-state index is -0.331. The number of fused-ring (bicyclic) bond motifs is 1. The van der Waals surface area contributed by atoms with Crippen LogP contribution in [0.5, 0.6) is 0 Å². The summed E-state index contributed by atoms with van der Waals surface area (Å²) in [5, 5.41) is 18.6. The fourth-order valence-electron chi connectivity index (χ4n) is 7.46. The number of hydrazone groups is 1. The molecule has 2 unspecified atom stereocenters. The molecule has 5 heteroatoms. The average Bonchev–Trinajstić information content (AvgIpc) is 2.83. The summed E-state index contributed by atoms with van der Waals surface area (Å²) in [7, 11) is 0. The molecule has 1 heterocycles. The zero-order chi connectivity index (χ0) is 20.8. The molecule has 5 rings (SSSR count). The number of allylic oxidation sites excluding steroid dienone is 1. The lowest BCUT2D eigenvalue weighted by Gasteiger charge is -2.59. The third-order valence-electron chi connectivity index (χ3n) is 7.41. The molecular formula is C24H31N3O2. The van der Waals surface area contributed by atoms with E-state index in [-0.39, 0.29) is 32.4 Å². The maximum absolute atomic E-state index is 11.1. The lowest BCUT2D eigenvalue weighted by atomic mass is 9.48. The van der Waals surface area contributed by atoms with E-state index in [0.717, 1.165) is 31.4 Å². The van der Waals surface area contributed by atoms with Crippen molar-refractivity contribution in [2.45, 2.75) is 78.7 Å². The minimum Gasteiger partial charge on any atom is -0.258 e. The van der Waals surface area contributed by atoms with Crippen LogP contribution in [0.15, 0.2) is 40.5 Å². The van der Waals surface area contributed by atoms with Crippen LogP contribution >= 0.6 is 0 Å². The Kier molecular flexibility index (Phi) is 3.57. The second-order valence-corrected chi connectivity index (χ2v) is 11.8. The molecule has 0 amide bonds. The van der Waals surface area contributed by atoms with Gasteiger partial charge in [0.25, 0.3) is 5.69 Å². The molecule has 2 bridgehead atoms. The van der Waals surface area contributed by atoms with E-state index in [1.165, 1.54) is 24.1 Å². The van der Waals surface area contributed by atoms with Gasteiger partial charge in [-0.2, -0.15) is 5.10 Å². The van der Waals surface area contributed by atoms with Crippen LogP contribution in [0.4, 0.5) is 11.4 Å². The van der Waals surface area contributed by atoms with Crippen LogP contribution in [-0.4, -0.2) is 16.2 Å². The topological polar surface area (TPSA) is 58.7 Å². The summed E-state index contributed by atoms with van der Waals surface area (Å²) in [5.41, 5.74) is 6.15. The van der Waals surface area contributed by atoms with Gasteiger partial charge in [-0.3, -0.25) is 15.1 Å². The summed E-state index contributed by atoms with van der Waals surface area (Å²) in [6, 6.07) is 6.99. The SMILES string of the molecule is CC1(C)CC2=NN(c3ccc([N+](=O)[O-])cc3)C34CC(C)(C)CC(C)(CC(=C23)C1)C4. The summed E-state index contributed by atoms with van der Waals surface area (Å²) in [6.07, 6.45) is 6.79. The summed E-state index contributed by atoms with van der Waals surface area (Å²) in [4.78, 5) is 10.8. The molecule has 29 heavy (non-hydrogen) atoms. The Balaban J connectivity index is 1.70. The van der Waals surface area contributed by atoms with Crippen LogP contribution in [0, 0.1) is 26.4 Å². The second kappa shape index (κ2) is 5.50. The predicted octanol–water partition coefficient (Wildman–Crippen LogP) is 6.25. The molecule has 1 aromatic carbocycles. The van der Waals surface area contributed by atoms with Gasteiger partial charge in [0.05, 0.1) is 21.9 Å². The highest BCUT2D eigenvalue weighted by Crippen LogP contribution is 2.65. The van der Waals surface area contributed by atoms with Crippen LogP contribution in [0.3, 0.4) is 0 Å². The first kappa shape index (κ1) is 18.8. The van der Waals surface area contributed by atoms with Crippen molar-refractivity contribution in [3.05, 3.63) is 45.5 Å². The molecule has 5 nitrogen and oxygen atoms in total. The van der Waals surface area contributed by atoms with Crippen molar-refractivity contribution in [1.82, 2.24) is 0 Å². The number of hydrogen-bond acceptors (Lipinski definition) is 4. The van der Waals surface area contributed by atoms with E-state index >= 15 is 0 Å². The highest BCUT2D eigenvalue weighted by atomic mass is 16.6. The number of hydrogen-bond donors (Lipinski definition) is 0. The first-order valence-electron chi connectivity index (χ1n) is 10.8. The molecule has 1 aromatic rings. The third-order valence-corrected chi connectivity index (χ3v) is 7.41. The fourth-order valence-corrected chi connectivity index (χ4v) is 7.46. The number of anilines is 1. The van der Waals surface area contributed by atoms with E-state index in [9.17, 15) is 10.1 Å². The first-order valence-corrected chi connectivity index (χ1v) is 10.8. The molecule has 1 saturated carbocycles. The van der Waals surface area contributed by atoms with Crippen molar-refractivity contribution in [2.24, 2.45) is 21.3 Å². The maximum Gasteiger partial charge on any atom is 0.269 e. The Hall–Kier alpha value is -2.17. The molecule has 0 N–H and O–H groups in total. The van der Waals surface area contributed by atoms with Crippen molar-refractivity contribution in [2.75, 3.05) is 5.01 Å². The van der Waals surface area contributed by atoms with E-state index in [4.69, 9.17) is 5.10 Å². The van der Waals surface area contributed by atoms with Gasteiger partial charge in [0.2, 0.25) is 0 Å². The fraction of sp³-hybridized carbons (Fsp3) is 0.625. The van der Waals surface area contributed by atoms with Crippen LogP contribution in [0.25, 0.3) is 0 Å². The van der Waals surface area contributed by atoms with Gasteiger partial charge in [0, 0.05) is 17.7 Å². The predicted molar refractivity (Wildman–Crippen MR) is 116 cm³/mol. The van der Waals surface area contributed by atoms with Crippen LogP contribution in [-0.2, 0) is 0 Å². The van der Waals surface area contributed by atoms with Crippen molar-refractivity contribution in [3.63, 3.8) is 0 Å². The van der Waals surface area contributed by atoms with E-state index in [0.29, 0.717) is 0 Å². The van der Waals surface area contributed by atoms with E-state index < -0.39 is 0 Å². The summed E-state index contributed by atoms with van der Waals surface area (Å²) < 4.78 is 0. The Morgan fingerprint density at radius 1 is 0.931 bits per heavy atom. The molecule has 1 spiro atoms. The molecule has 4 aliphatic rings. The lowest BCUT2D eigenvalue weighted by molar-refractivity contribution is -0.384. The quantitative estimate of drug-likeness (QED) is 0.441. The minimum absolute atomic E-state index is 0.105. The van der Waals surface area contributed by atoms with E-state index in [1.807, 2.05) is 12.1 Å². The van der Waals surface area contributed by atoms with Gasteiger partial charge < -0.3 is 0 Å². The molecule has 0 aromatic heterocycles. The molecule has 0 radical (unpaired) electrons. The second-order valence-electron chi connectivity index (χ2n) is 11.8. The van der Waals surface area contributed by atoms with E-state index in [2.05, 4.69) is 39.6 Å². The molecule has 1 fully saturated rings. The lowest BCUT2D eigenvalue weighted by Crippen LogP contribution is -2.58. The van der Waals surface area contributed by atoms with Gasteiger partial charge in [0.1, 0.15) is 0 Å². The largest absolute Gasteiger partial charge is 0.269 e. The van der Waals surface area contributed by atoms with Crippen molar-refractivity contribution < 1.29 is 4.92 Å². The van der Waals surface area contributed by atoms with Crippen molar-refractivity contribution >= 4 is 17.1 Å². The Morgan fingerprint density at radius 3 is 2.28 bits per heavy atom. The number of nitro benzene ring substituents is 1. The maximum atomic E-state index is 11.1. The molecule has 1 aliphatic heterocycles. The van der Waals surface area contributed by atoms with Crippen LogP contribution in [0.2, 0.25) is 0 Å². The van der Waals surface area contributed by atoms with Crippen molar-refractivity contribution in [3.8, 4) is 0 Å². The van der Waals surface area contributed by atoms with Gasteiger partial charge in [-0.15, -0.1) is 0 Å². The highest BCUT2D eigenvalue weighted by molar-refractivity contribution is 6.08. The molecule has 3 aliphatic carbocycles.